The highest BCUT2D eigenvalue weighted by molar-refractivity contribution is 7.89. The highest BCUT2D eigenvalue weighted by Gasteiger charge is 2.23. The van der Waals surface area contributed by atoms with E-state index in [4.69, 9.17) is 0 Å². The van der Waals surface area contributed by atoms with Crippen molar-refractivity contribution >= 4 is 27.1 Å². The summed E-state index contributed by atoms with van der Waals surface area (Å²) in [5, 5.41) is 1.92. The van der Waals surface area contributed by atoms with Gasteiger partial charge < -0.3 is 0 Å². The van der Waals surface area contributed by atoms with Gasteiger partial charge >= 0.3 is 0 Å². The zero-order chi connectivity index (χ0) is 17.9. The third-order valence-electron chi connectivity index (χ3n) is 3.80. The predicted molar refractivity (Wildman–Crippen MR) is 99.4 cm³/mol. The Kier molecular flexibility index (Phi) is 5.13. The van der Waals surface area contributed by atoms with Crippen molar-refractivity contribution in [3.8, 4) is 0 Å². The summed E-state index contributed by atoms with van der Waals surface area (Å²) in [5.74, 6) is -0.0994. The number of benzene rings is 2. The molecule has 3 aromatic rings. The molecule has 0 spiro atoms. The molecule has 0 unspecified atom stereocenters. The Hall–Kier alpha value is -2.28. The smallest absolute Gasteiger partial charge is 0.241 e. The van der Waals surface area contributed by atoms with Crippen molar-refractivity contribution in [2.45, 2.75) is 17.9 Å². The van der Waals surface area contributed by atoms with Gasteiger partial charge in [-0.25, -0.2) is 8.42 Å². The van der Waals surface area contributed by atoms with Gasteiger partial charge in [0.05, 0.1) is 10.9 Å². The van der Waals surface area contributed by atoms with Gasteiger partial charge in [-0.05, 0) is 36.1 Å². The molecule has 0 saturated heterocycles. The summed E-state index contributed by atoms with van der Waals surface area (Å²) >= 11 is 1.50. The minimum Gasteiger partial charge on any atom is -0.295 e. The minimum atomic E-state index is -3.73. The molecule has 6 heteroatoms. The van der Waals surface area contributed by atoms with Crippen LogP contribution in [0.3, 0.4) is 0 Å². The SMILES string of the molecule is CC(=O)c1ccc(S(=O)(=O)N[C@@H](c2ccccc2)c2cccs2)cc1. The van der Waals surface area contributed by atoms with E-state index in [0.29, 0.717) is 5.56 Å². The van der Waals surface area contributed by atoms with Crippen LogP contribution in [0.15, 0.2) is 77.0 Å². The van der Waals surface area contributed by atoms with Gasteiger partial charge in [0, 0.05) is 10.4 Å². The van der Waals surface area contributed by atoms with Gasteiger partial charge in [-0.2, -0.15) is 4.72 Å². The fourth-order valence-electron chi connectivity index (χ4n) is 2.48. The molecule has 25 heavy (non-hydrogen) atoms. The van der Waals surface area contributed by atoms with E-state index in [2.05, 4.69) is 4.72 Å². The van der Waals surface area contributed by atoms with Gasteiger partial charge in [-0.15, -0.1) is 11.3 Å². The molecule has 1 heterocycles. The quantitative estimate of drug-likeness (QED) is 0.666. The van der Waals surface area contributed by atoms with E-state index in [0.717, 1.165) is 10.4 Å². The molecule has 0 fully saturated rings. The minimum absolute atomic E-state index is 0.0994. The maximum Gasteiger partial charge on any atom is 0.241 e. The van der Waals surface area contributed by atoms with Gasteiger partial charge in [0.2, 0.25) is 10.0 Å². The van der Waals surface area contributed by atoms with E-state index in [9.17, 15) is 13.2 Å². The Balaban J connectivity index is 1.94. The third kappa shape index (κ3) is 4.04. The van der Waals surface area contributed by atoms with Crippen LogP contribution in [0.5, 0.6) is 0 Å². The number of carbonyl (C=O) groups excluding carboxylic acids is 1. The van der Waals surface area contributed by atoms with Crippen LogP contribution in [0.25, 0.3) is 0 Å². The van der Waals surface area contributed by atoms with Crippen LogP contribution in [0.2, 0.25) is 0 Å². The zero-order valence-electron chi connectivity index (χ0n) is 13.5. The Morgan fingerprint density at radius 3 is 2.20 bits per heavy atom. The summed E-state index contributed by atoms with van der Waals surface area (Å²) in [6, 6.07) is 18.7. The topological polar surface area (TPSA) is 63.2 Å². The number of rotatable bonds is 6. The molecular formula is C19H17NO3S2. The largest absolute Gasteiger partial charge is 0.295 e. The van der Waals surface area contributed by atoms with Crippen molar-refractivity contribution in [1.82, 2.24) is 4.72 Å². The van der Waals surface area contributed by atoms with Crippen LogP contribution >= 0.6 is 11.3 Å². The van der Waals surface area contributed by atoms with Gasteiger partial charge in [-0.3, -0.25) is 4.79 Å². The predicted octanol–water partition coefficient (Wildman–Crippen LogP) is 4.02. The lowest BCUT2D eigenvalue weighted by molar-refractivity contribution is 0.101. The van der Waals surface area contributed by atoms with Crippen LogP contribution in [0, 0.1) is 0 Å². The Morgan fingerprint density at radius 2 is 1.64 bits per heavy atom. The van der Waals surface area contributed by atoms with Crippen LogP contribution in [-0.4, -0.2) is 14.2 Å². The summed E-state index contributed by atoms with van der Waals surface area (Å²) in [7, 11) is -3.73. The molecule has 0 bridgehead atoms. The van der Waals surface area contributed by atoms with Crippen molar-refractivity contribution < 1.29 is 13.2 Å². The molecule has 1 aromatic heterocycles. The number of carbonyl (C=O) groups is 1. The molecule has 0 aliphatic carbocycles. The number of sulfonamides is 1. The molecule has 1 N–H and O–H groups in total. The Morgan fingerprint density at radius 1 is 0.960 bits per heavy atom. The normalized spacial score (nSPS) is 12.7. The first kappa shape index (κ1) is 17.5. The molecule has 2 aromatic carbocycles. The molecule has 1 atom stereocenters. The van der Waals surface area contributed by atoms with Gasteiger partial charge in [0.25, 0.3) is 0 Å². The van der Waals surface area contributed by atoms with E-state index in [1.807, 2.05) is 47.8 Å². The molecule has 0 saturated carbocycles. The molecule has 0 radical (unpaired) electrons. The lowest BCUT2D eigenvalue weighted by Crippen LogP contribution is -2.29. The average molecular weight is 371 g/mol. The summed E-state index contributed by atoms with van der Waals surface area (Å²) < 4.78 is 28.4. The van der Waals surface area contributed by atoms with Crippen LogP contribution in [-0.2, 0) is 10.0 Å². The van der Waals surface area contributed by atoms with Crippen LogP contribution < -0.4 is 4.72 Å². The Bertz CT molecular complexity index is 948. The number of hydrogen-bond donors (Lipinski definition) is 1. The highest BCUT2D eigenvalue weighted by Crippen LogP contribution is 2.28. The lowest BCUT2D eigenvalue weighted by Gasteiger charge is -2.18. The van der Waals surface area contributed by atoms with Crippen molar-refractivity contribution in [3.63, 3.8) is 0 Å². The van der Waals surface area contributed by atoms with Gasteiger partial charge in [0.15, 0.2) is 5.78 Å². The zero-order valence-corrected chi connectivity index (χ0v) is 15.2. The molecule has 3 rings (SSSR count). The van der Waals surface area contributed by atoms with Crippen molar-refractivity contribution in [2.75, 3.05) is 0 Å². The molecule has 0 aliphatic heterocycles. The van der Waals surface area contributed by atoms with Gasteiger partial charge in [0.1, 0.15) is 0 Å². The fraction of sp³-hybridized carbons (Fsp3) is 0.105. The molecule has 4 nitrogen and oxygen atoms in total. The van der Waals surface area contributed by atoms with E-state index in [1.165, 1.54) is 42.5 Å². The second-order valence-electron chi connectivity index (χ2n) is 5.56. The van der Waals surface area contributed by atoms with Crippen molar-refractivity contribution in [3.05, 3.63) is 88.1 Å². The summed E-state index contributed by atoms with van der Waals surface area (Å²) in [4.78, 5) is 12.4. The lowest BCUT2D eigenvalue weighted by atomic mass is 10.1. The van der Waals surface area contributed by atoms with Crippen LogP contribution in [0.4, 0.5) is 0 Å². The van der Waals surface area contributed by atoms with E-state index in [-0.39, 0.29) is 10.7 Å². The molecule has 0 amide bonds. The monoisotopic (exact) mass is 371 g/mol. The molecular weight excluding hydrogens is 354 g/mol. The van der Waals surface area contributed by atoms with Crippen molar-refractivity contribution in [2.24, 2.45) is 0 Å². The number of nitrogens with one attached hydrogen (secondary N) is 1. The van der Waals surface area contributed by atoms with Gasteiger partial charge in [-0.1, -0.05) is 48.5 Å². The number of hydrogen-bond acceptors (Lipinski definition) is 4. The number of thiophene rings is 1. The molecule has 128 valence electrons. The first-order chi connectivity index (χ1) is 12.0. The van der Waals surface area contributed by atoms with E-state index >= 15 is 0 Å². The standard InChI is InChI=1S/C19H17NO3S2/c1-14(21)15-9-11-17(12-10-15)25(22,23)20-19(18-8-5-13-24-18)16-6-3-2-4-7-16/h2-13,19-20H,1H3/t19-/m0/s1. The maximum absolute atomic E-state index is 12.8. The summed E-state index contributed by atoms with van der Waals surface area (Å²) in [6.45, 7) is 1.45. The fourth-order valence-corrected chi connectivity index (χ4v) is 4.56. The second-order valence-corrected chi connectivity index (χ2v) is 8.25. The first-order valence-corrected chi connectivity index (χ1v) is 10.1. The third-order valence-corrected chi connectivity index (χ3v) is 6.18. The number of Topliss-reactive ketones (excluding diaryl/α,β-unsaturated/α-hetero) is 1. The summed E-state index contributed by atoms with van der Waals surface area (Å²) in [6.07, 6.45) is 0. The summed E-state index contributed by atoms with van der Waals surface area (Å²) in [5.41, 5.74) is 1.35. The van der Waals surface area contributed by atoms with Crippen molar-refractivity contribution in [1.29, 1.82) is 0 Å². The Labute approximate surface area is 151 Å². The number of ketones is 1. The van der Waals surface area contributed by atoms with E-state index < -0.39 is 16.1 Å². The second kappa shape index (κ2) is 7.31. The first-order valence-electron chi connectivity index (χ1n) is 7.69. The average Bonchev–Trinajstić information content (AvgIpc) is 3.15. The molecule has 0 aliphatic rings. The maximum atomic E-state index is 12.8. The van der Waals surface area contributed by atoms with E-state index in [1.54, 1.807) is 0 Å². The highest BCUT2D eigenvalue weighted by atomic mass is 32.2. The van der Waals surface area contributed by atoms with Crippen LogP contribution in [0.1, 0.15) is 33.8 Å².